The standard InChI is InChI=1S/C29H39N7O2S/c1-18-14-29(3,4)35(15-18)27-23(28(37)33-39-24-16-34(5)31-19(24)2)8-9-25(30-27)36-11-10-26(32-36)38-17-22-13-20-6-7-21(22)12-20/h8-11,16,18,20-22H,6-7,12-15,17H2,1-5H3,(H,33,37)/t18-,20+,21-,22?/m0/s1. The van der Waals surface area contributed by atoms with Gasteiger partial charge in [-0.1, -0.05) is 13.3 Å². The Morgan fingerprint density at radius 3 is 2.72 bits per heavy atom. The Hall–Kier alpha value is -3.01. The van der Waals surface area contributed by atoms with Crippen molar-refractivity contribution in [3.05, 3.63) is 41.9 Å². The molecule has 3 aromatic rings. The van der Waals surface area contributed by atoms with Crippen LogP contribution in [0.3, 0.4) is 0 Å². The van der Waals surface area contributed by atoms with E-state index in [1.54, 1.807) is 9.36 Å². The van der Waals surface area contributed by atoms with Crippen molar-refractivity contribution in [2.75, 3.05) is 18.1 Å². The lowest BCUT2D eigenvalue weighted by Crippen LogP contribution is -2.40. The first-order valence-electron chi connectivity index (χ1n) is 14.1. The van der Waals surface area contributed by atoms with Gasteiger partial charge in [0.15, 0.2) is 5.82 Å². The molecule has 10 heteroatoms. The van der Waals surface area contributed by atoms with E-state index in [1.807, 2.05) is 44.6 Å². The second-order valence-corrected chi connectivity index (χ2v) is 13.3. The van der Waals surface area contributed by atoms with E-state index in [9.17, 15) is 4.79 Å². The molecule has 2 aliphatic carbocycles. The summed E-state index contributed by atoms with van der Waals surface area (Å²) in [5, 5.41) is 9.05. The van der Waals surface area contributed by atoms with Crippen LogP contribution in [0.4, 0.5) is 5.82 Å². The molecule has 3 fully saturated rings. The van der Waals surface area contributed by atoms with Crippen molar-refractivity contribution in [2.24, 2.45) is 30.7 Å². The number of pyridine rings is 1. The maximum absolute atomic E-state index is 13.5. The smallest absolute Gasteiger partial charge is 0.265 e. The predicted molar refractivity (Wildman–Crippen MR) is 152 cm³/mol. The average molecular weight is 550 g/mol. The topological polar surface area (TPSA) is 90.1 Å². The first-order valence-corrected chi connectivity index (χ1v) is 14.9. The summed E-state index contributed by atoms with van der Waals surface area (Å²) >= 11 is 1.28. The largest absolute Gasteiger partial charge is 0.476 e. The fourth-order valence-electron chi connectivity index (χ4n) is 7.03. The summed E-state index contributed by atoms with van der Waals surface area (Å²) in [6.07, 6.45) is 10.2. The van der Waals surface area contributed by atoms with Crippen LogP contribution in [0.2, 0.25) is 0 Å². The van der Waals surface area contributed by atoms with Crippen LogP contribution >= 0.6 is 11.9 Å². The van der Waals surface area contributed by atoms with Gasteiger partial charge in [-0.3, -0.25) is 14.2 Å². The molecule has 1 unspecified atom stereocenters. The number of anilines is 1. The van der Waals surface area contributed by atoms with Crippen LogP contribution in [0.5, 0.6) is 5.88 Å². The van der Waals surface area contributed by atoms with Crippen molar-refractivity contribution in [1.82, 2.24) is 29.3 Å². The van der Waals surface area contributed by atoms with Crippen molar-refractivity contribution in [3.63, 3.8) is 0 Å². The van der Waals surface area contributed by atoms with Gasteiger partial charge in [-0.15, -0.1) is 5.10 Å². The zero-order valence-electron chi connectivity index (χ0n) is 23.6. The Kier molecular flexibility index (Phi) is 6.85. The van der Waals surface area contributed by atoms with Gasteiger partial charge in [-0.2, -0.15) is 5.10 Å². The maximum Gasteiger partial charge on any atom is 0.265 e. The van der Waals surface area contributed by atoms with E-state index in [1.165, 1.54) is 37.6 Å². The Balaban J connectivity index is 1.23. The summed E-state index contributed by atoms with van der Waals surface area (Å²) in [5.41, 5.74) is 1.31. The van der Waals surface area contributed by atoms with Gasteiger partial charge in [0.25, 0.3) is 5.91 Å². The van der Waals surface area contributed by atoms with Crippen LogP contribution < -0.4 is 14.4 Å². The van der Waals surface area contributed by atoms with E-state index < -0.39 is 0 Å². The molecule has 1 amide bonds. The number of hydrogen-bond donors (Lipinski definition) is 1. The van der Waals surface area contributed by atoms with Crippen molar-refractivity contribution in [2.45, 2.75) is 70.2 Å². The van der Waals surface area contributed by atoms with Crippen molar-refractivity contribution in [1.29, 1.82) is 0 Å². The molecule has 208 valence electrons. The monoisotopic (exact) mass is 549 g/mol. The quantitative estimate of drug-likeness (QED) is 0.387. The fraction of sp³-hybridized carbons (Fsp3) is 0.586. The second-order valence-electron chi connectivity index (χ2n) is 12.4. The zero-order valence-corrected chi connectivity index (χ0v) is 24.4. The second kappa shape index (κ2) is 10.2. The average Bonchev–Trinajstić information content (AvgIpc) is 3.71. The molecule has 6 rings (SSSR count). The molecule has 1 saturated heterocycles. The summed E-state index contributed by atoms with van der Waals surface area (Å²) in [6.45, 7) is 10.2. The molecule has 2 saturated carbocycles. The van der Waals surface area contributed by atoms with Crippen LogP contribution in [0.25, 0.3) is 5.82 Å². The molecule has 0 radical (unpaired) electrons. The summed E-state index contributed by atoms with van der Waals surface area (Å²) in [7, 11) is 1.88. The van der Waals surface area contributed by atoms with Crippen LogP contribution in [-0.4, -0.2) is 49.1 Å². The number of carbonyl (C=O) groups is 1. The highest BCUT2D eigenvalue weighted by Crippen LogP contribution is 2.48. The fourth-order valence-corrected chi connectivity index (χ4v) is 7.73. The van der Waals surface area contributed by atoms with E-state index in [0.29, 0.717) is 34.9 Å². The van der Waals surface area contributed by atoms with E-state index in [4.69, 9.17) is 9.72 Å². The number of hydrogen-bond acceptors (Lipinski definition) is 7. The van der Waals surface area contributed by atoms with Crippen LogP contribution in [0.15, 0.2) is 35.5 Å². The number of ether oxygens (including phenoxy) is 1. The van der Waals surface area contributed by atoms with E-state index >= 15 is 0 Å². The molecule has 39 heavy (non-hydrogen) atoms. The van der Waals surface area contributed by atoms with E-state index in [-0.39, 0.29) is 11.4 Å². The minimum Gasteiger partial charge on any atom is -0.476 e. The molecule has 1 aliphatic heterocycles. The van der Waals surface area contributed by atoms with Crippen molar-refractivity contribution < 1.29 is 9.53 Å². The van der Waals surface area contributed by atoms with Crippen LogP contribution in [0, 0.1) is 30.6 Å². The summed E-state index contributed by atoms with van der Waals surface area (Å²) in [5.74, 6) is 4.69. The Morgan fingerprint density at radius 1 is 1.21 bits per heavy atom. The molecule has 4 heterocycles. The number of fused-ring (bicyclic) bond motifs is 2. The molecule has 9 nitrogen and oxygen atoms in total. The minimum absolute atomic E-state index is 0.119. The lowest BCUT2D eigenvalue weighted by Gasteiger charge is -2.34. The van der Waals surface area contributed by atoms with Crippen molar-refractivity contribution in [3.8, 4) is 11.7 Å². The predicted octanol–water partition coefficient (Wildman–Crippen LogP) is 5.19. The van der Waals surface area contributed by atoms with Crippen molar-refractivity contribution >= 4 is 23.7 Å². The number of aryl methyl sites for hydroxylation is 2. The Bertz CT molecular complexity index is 1370. The third-order valence-corrected chi connectivity index (χ3v) is 9.69. The van der Waals surface area contributed by atoms with Crippen LogP contribution in [0.1, 0.15) is 68.9 Å². The van der Waals surface area contributed by atoms with Gasteiger partial charge in [0.1, 0.15) is 5.82 Å². The van der Waals surface area contributed by atoms with Gasteiger partial charge in [0, 0.05) is 37.6 Å². The Morgan fingerprint density at radius 2 is 2.05 bits per heavy atom. The molecular weight excluding hydrogens is 510 g/mol. The highest BCUT2D eigenvalue weighted by atomic mass is 32.2. The number of amides is 1. The van der Waals surface area contributed by atoms with E-state index in [0.717, 1.165) is 42.0 Å². The highest BCUT2D eigenvalue weighted by molar-refractivity contribution is 7.98. The molecule has 1 N–H and O–H groups in total. The molecule has 2 bridgehead atoms. The molecule has 0 spiro atoms. The number of nitrogens with zero attached hydrogens (tertiary/aromatic N) is 6. The normalized spacial score (nSPS) is 25.4. The Labute approximate surface area is 234 Å². The molecule has 4 atom stereocenters. The summed E-state index contributed by atoms with van der Waals surface area (Å²) < 4.78 is 12.6. The summed E-state index contributed by atoms with van der Waals surface area (Å²) in [6, 6.07) is 5.63. The van der Waals surface area contributed by atoms with Crippen LogP contribution in [-0.2, 0) is 7.05 Å². The zero-order chi connectivity index (χ0) is 27.3. The molecule has 3 aromatic heterocycles. The lowest BCUT2D eigenvalue weighted by atomic mass is 9.90. The van der Waals surface area contributed by atoms with Gasteiger partial charge in [0.05, 0.1) is 22.8 Å². The van der Waals surface area contributed by atoms with Gasteiger partial charge in [-0.05, 0) is 94.2 Å². The maximum atomic E-state index is 13.5. The van der Waals surface area contributed by atoms with Gasteiger partial charge in [0.2, 0.25) is 5.88 Å². The first-order chi connectivity index (χ1) is 18.7. The minimum atomic E-state index is -0.178. The number of rotatable bonds is 8. The third-order valence-electron chi connectivity index (χ3n) is 8.78. The molecule has 0 aromatic carbocycles. The SMILES string of the molecule is Cc1nn(C)cc1SNC(=O)c1ccc(-n2ccc(OCC3C[C@@H]4CC[C@H]3C4)n2)nc1N1C[C@@H](C)CC1(C)C. The third kappa shape index (κ3) is 5.27. The van der Waals surface area contributed by atoms with Gasteiger partial charge >= 0.3 is 0 Å². The lowest BCUT2D eigenvalue weighted by molar-refractivity contribution is 0.0984. The highest BCUT2D eigenvalue weighted by Gasteiger charge is 2.40. The van der Waals surface area contributed by atoms with E-state index in [2.05, 4.69) is 40.6 Å². The number of carbonyl (C=O) groups excluding carboxylic acids is 1. The molecular formula is C29H39N7O2S. The van der Waals surface area contributed by atoms with Gasteiger partial charge < -0.3 is 9.64 Å². The molecule has 3 aliphatic rings. The number of nitrogens with one attached hydrogen (secondary N) is 1. The summed E-state index contributed by atoms with van der Waals surface area (Å²) in [4.78, 5) is 21.7. The number of aromatic nitrogens is 5. The first kappa shape index (κ1) is 26.2. The van der Waals surface area contributed by atoms with Gasteiger partial charge in [-0.25, -0.2) is 9.67 Å².